The van der Waals surface area contributed by atoms with Gasteiger partial charge in [0.2, 0.25) is 0 Å². The van der Waals surface area contributed by atoms with Crippen LogP contribution in [0.4, 0.5) is 17.3 Å². The highest BCUT2D eigenvalue weighted by Crippen LogP contribution is 2.66. The Balaban J connectivity index is 0.00000119. The third-order valence-electron chi connectivity index (χ3n) is 7.46. The molecule has 172 valence electrons. The lowest BCUT2D eigenvalue weighted by molar-refractivity contribution is 0.0797. The Hall–Kier alpha value is -2.90. The monoisotopic (exact) mass is 438 g/mol. The van der Waals surface area contributed by atoms with Gasteiger partial charge in [0.1, 0.15) is 35.0 Å². The highest BCUT2D eigenvalue weighted by atomic mass is 16.2. The average molecular weight is 439 g/mol. The second-order valence-corrected chi connectivity index (χ2v) is 9.59. The van der Waals surface area contributed by atoms with Crippen LogP contribution in [0.25, 0.3) is 0 Å². The van der Waals surface area contributed by atoms with Crippen LogP contribution in [0.5, 0.6) is 0 Å². The highest BCUT2D eigenvalue weighted by Gasteiger charge is 2.60. The number of carbonyl (C=O) groups is 1. The molecular weight excluding hydrogens is 404 g/mol. The molecule has 2 aromatic rings. The van der Waals surface area contributed by atoms with Crippen molar-refractivity contribution in [2.75, 3.05) is 11.1 Å². The molecule has 0 bridgehead atoms. The van der Waals surface area contributed by atoms with Crippen molar-refractivity contribution in [2.45, 2.75) is 72.4 Å². The zero-order chi connectivity index (χ0) is 23.3. The number of pyridine rings is 1. The first-order valence-electron chi connectivity index (χ1n) is 11.7. The van der Waals surface area contributed by atoms with E-state index < -0.39 is 5.66 Å². The van der Waals surface area contributed by atoms with Gasteiger partial charge in [0.05, 0.1) is 0 Å². The molecular formula is C24H34N6O2. The van der Waals surface area contributed by atoms with Crippen molar-refractivity contribution in [2.24, 2.45) is 17.3 Å². The molecule has 8 nitrogen and oxygen atoms in total. The van der Waals surface area contributed by atoms with Crippen LogP contribution in [0, 0.1) is 24.2 Å². The van der Waals surface area contributed by atoms with Gasteiger partial charge >= 0.3 is 0 Å². The molecule has 4 N–H and O–H groups in total. The molecule has 0 saturated heterocycles. The van der Waals surface area contributed by atoms with Crippen molar-refractivity contribution in [3.05, 3.63) is 40.1 Å². The molecule has 1 aliphatic heterocycles. The smallest absolute Gasteiger partial charge is 0.276 e. The second-order valence-electron chi connectivity index (χ2n) is 9.59. The molecule has 3 heterocycles. The van der Waals surface area contributed by atoms with Gasteiger partial charge in [0, 0.05) is 6.07 Å². The molecule has 1 atom stereocenters. The normalized spacial score (nSPS) is 27.7. The van der Waals surface area contributed by atoms with Crippen LogP contribution in [0.2, 0.25) is 0 Å². The summed E-state index contributed by atoms with van der Waals surface area (Å²) in [6.07, 6.45) is 6.29. The lowest BCUT2D eigenvalue weighted by Crippen LogP contribution is -2.50. The largest absolute Gasteiger partial charge is 0.384 e. The summed E-state index contributed by atoms with van der Waals surface area (Å²) in [5, 5.41) is 6.24. The molecule has 2 fully saturated rings. The summed E-state index contributed by atoms with van der Waals surface area (Å²) in [6.45, 7) is 10.5. The summed E-state index contributed by atoms with van der Waals surface area (Å²) in [5.41, 5.74) is 6.92. The number of aromatic nitrogens is 3. The Kier molecular flexibility index (Phi) is 5.51. The topological polar surface area (TPSA) is 115 Å². The summed E-state index contributed by atoms with van der Waals surface area (Å²) in [4.78, 5) is 34.4. The zero-order valence-corrected chi connectivity index (χ0v) is 19.7. The first-order valence-corrected chi connectivity index (χ1v) is 11.7. The van der Waals surface area contributed by atoms with E-state index in [2.05, 4.69) is 34.4 Å². The predicted molar refractivity (Wildman–Crippen MR) is 126 cm³/mol. The summed E-state index contributed by atoms with van der Waals surface area (Å²) in [7, 11) is 0. The van der Waals surface area contributed by atoms with Gasteiger partial charge in [0.25, 0.3) is 11.5 Å². The molecule has 32 heavy (non-hydrogen) atoms. The number of nitrogens with two attached hydrogens (primary N) is 1. The van der Waals surface area contributed by atoms with E-state index in [1.807, 2.05) is 20.8 Å². The molecule has 2 aliphatic carbocycles. The third kappa shape index (κ3) is 3.45. The first-order chi connectivity index (χ1) is 15.2. The van der Waals surface area contributed by atoms with Crippen molar-refractivity contribution in [3.63, 3.8) is 0 Å². The Morgan fingerprint density at radius 2 is 1.84 bits per heavy atom. The summed E-state index contributed by atoms with van der Waals surface area (Å²) < 4.78 is 1.71. The number of rotatable bonds is 3. The van der Waals surface area contributed by atoms with Gasteiger partial charge in [-0.2, -0.15) is 0 Å². The number of nitrogen functional groups attached to an aromatic ring is 1. The minimum atomic E-state index is -0.633. The summed E-state index contributed by atoms with van der Waals surface area (Å²) in [6, 6.07) is 3.29. The molecule has 3 aliphatic rings. The van der Waals surface area contributed by atoms with Crippen LogP contribution < -0.4 is 21.9 Å². The molecule has 0 aromatic carbocycles. The average Bonchev–Trinajstić information content (AvgIpc) is 3.40. The maximum Gasteiger partial charge on any atom is 0.276 e. The van der Waals surface area contributed by atoms with E-state index in [1.165, 1.54) is 12.7 Å². The quantitative estimate of drug-likeness (QED) is 0.669. The van der Waals surface area contributed by atoms with E-state index in [9.17, 15) is 9.59 Å². The van der Waals surface area contributed by atoms with Crippen molar-refractivity contribution in [1.29, 1.82) is 0 Å². The van der Waals surface area contributed by atoms with Crippen LogP contribution in [0.3, 0.4) is 0 Å². The lowest BCUT2D eigenvalue weighted by Gasteiger charge is -2.39. The van der Waals surface area contributed by atoms with Crippen LogP contribution in [0.1, 0.15) is 75.9 Å². The Morgan fingerprint density at radius 3 is 2.44 bits per heavy atom. The molecule has 5 rings (SSSR count). The number of nitrogens with one attached hydrogen (secondary N) is 2. The number of carbonyl (C=O) groups excluding carboxylic acids is 1. The highest BCUT2D eigenvalue weighted by molar-refractivity contribution is 5.97. The number of nitrogens with zero attached hydrogens (tertiary/aromatic N) is 3. The lowest BCUT2D eigenvalue weighted by atomic mass is 9.77. The van der Waals surface area contributed by atoms with Crippen molar-refractivity contribution in [3.8, 4) is 0 Å². The molecule has 2 saturated carbocycles. The SMILES string of the molecule is CC.Cc1cc(Nc2cc(N)ncn2)c(=O)n2c1C(=O)NC21CCC2(CC1)CC2C(C)C. The Labute approximate surface area is 189 Å². The number of fused-ring (bicyclic) bond motifs is 2. The van der Waals surface area contributed by atoms with E-state index in [4.69, 9.17) is 5.73 Å². The van der Waals surface area contributed by atoms with Gasteiger partial charge in [-0.15, -0.1) is 0 Å². The predicted octanol–water partition coefficient (Wildman–Crippen LogP) is 3.93. The first kappa shape index (κ1) is 22.3. The van der Waals surface area contributed by atoms with Crippen molar-refractivity contribution in [1.82, 2.24) is 19.9 Å². The number of amides is 1. The summed E-state index contributed by atoms with van der Waals surface area (Å²) >= 11 is 0. The van der Waals surface area contributed by atoms with E-state index in [0.717, 1.165) is 37.2 Å². The minimum absolute atomic E-state index is 0.158. The second kappa shape index (κ2) is 7.90. The van der Waals surface area contributed by atoms with Crippen molar-refractivity contribution < 1.29 is 4.79 Å². The third-order valence-corrected chi connectivity index (χ3v) is 7.46. The molecule has 2 spiro atoms. The van der Waals surface area contributed by atoms with Crippen molar-refractivity contribution >= 4 is 23.2 Å². The van der Waals surface area contributed by atoms with Gasteiger partial charge in [-0.1, -0.05) is 27.7 Å². The fourth-order valence-corrected chi connectivity index (χ4v) is 5.84. The Morgan fingerprint density at radius 1 is 1.16 bits per heavy atom. The van der Waals surface area contributed by atoms with Gasteiger partial charge in [0.15, 0.2) is 0 Å². The van der Waals surface area contributed by atoms with Gasteiger partial charge in [-0.25, -0.2) is 9.97 Å². The van der Waals surface area contributed by atoms with Gasteiger partial charge < -0.3 is 16.4 Å². The molecule has 0 radical (unpaired) electrons. The fraction of sp³-hybridized carbons (Fsp3) is 0.583. The molecule has 1 amide bonds. The number of aryl methyl sites for hydroxylation is 1. The van der Waals surface area contributed by atoms with E-state index >= 15 is 0 Å². The molecule has 8 heteroatoms. The molecule has 2 aromatic heterocycles. The standard InChI is InChI=1S/C22H28N6O2.C2H6/c1-12(2)14-10-21(14)4-6-22(7-5-21)27-19(29)18-13(3)8-15(20(30)28(18)22)26-17-9-16(23)24-11-25-17;1-2/h8-9,11-12,14H,4-7,10H2,1-3H3,(H,27,29)(H3,23,24,25,26);1-2H3. The zero-order valence-electron chi connectivity index (χ0n) is 19.7. The van der Waals surface area contributed by atoms with Gasteiger partial charge in [-0.05, 0) is 67.9 Å². The van der Waals surface area contributed by atoms with E-state index in [-0.39, 0.29) is 11.5 Å². The van der Waals surface area contributed by atoms with E-state index in [0.29, 0.717) is 34.3 Å². The number of hydrogen-bond donors (Lipinski definition) is 3. The number of anilines is 3. The Bertz CT molecular complexity index is 1100. The maximum atomic E-state index is 13.5. The molecule has 1 unspecified atom stereocenters. The fourth-order valence-electron chi connectivity index (χ4n) is 5.84. The van der Waals surface area contributed by atoms with E-state index in [1.54, 1.807) is 16.7 Å². The van der Waals surface area contributed by atoms with Gasteiger partial charge in [-0.3, -0.25) is 14.2 Å². The van der Waals surface area contributed by atoms with Crippen LogP contribution in [-0.4, -0.2) is 20.4 Å². The minimum Gasteiger partial charge on any atom is -0.384 e. The van der Waals surface area contributed by atoms with Crippen LogP contribution in [-0.2, 0) is 5.66 Å². The summed E-state index contributed by atoms with van der Waals surface area (Å²) in [5.74, 6) is 2.06. The van der Waals surface area contributed by atoms with Crippen LogP contribution in [0.15, 0.2) is 23.3 Å². The maximum absolute atomic E-state index is 13.5. The number of hydrogen-bond acceptors (Lipinski definition) is 6. The van der Waals surface area contributed by atoms with Crippen LogP contribution >= 0.6 is 0 Å².